The smallest absolute Gasteiger partial charge is 0.224 e. The van der Waals surface area contributed by atoms with Gasteiger partial charge in [0.25, 0.3) is 0 Å². The Morgan fingerprint density at radius 1 is 1.30 bits per heavy atom. The molecule has 0 heterocycles. The van der Waals surface area contributed by atoms with Crippen LogP contribution in [0, 0.1) is 6.92 Å². The van der Waals surface area contributed by atoms with Crippen LogP contribution in [0.15, 0.2) is 18.2 Å². The Kier molecular flexibility index (Phi) is 8.30. The second-order valence-electron chi connectivity index (χ2n) is 4.54. The summed E-state index contributed by atoms with van der Waals surface area (Å²) in [6.45, 7) is 2.98. The standard InChI is InChI=1S/C15H22BrNO3/c1-12-6-7-13(14(11-12)20-10-9-19-2)17-15(18)5-3-4-8-16/h6-7,11H,3-5,8-10H2,1-2H3,(H,17,18). The minimum Gasteiger partial charge on any atom is -0.489 e. The summed E-state index contributed by atoms with van der Waals surface area (Å²) in [6, 6.07) is 5.75. The number of nitrogens with one attached hydrogen (secondary N) is 1. The van der Waals surface area contributed by atoms with E-state index in [0.717, 1.165) is 29.4 Å². The number of methoxy groups -OCH3 is 1. The summed E-state index contributed by atoms with van der Waals surface area (Å²) in [5.74, 6) is 0.710. The molecule has 0 radical (unpaired) electrons. The summed E-state index contributed by atoms with van der Waals surface area (Å²) in [4.78, 5) is 11.8. The zero-order valence-electron chi connectivity index (χ0n) is 12.1. The van der Waals surface area contributed by atoms with Crippen LogP contribution in [-0.4, -0.2) is 31.6 Å². The lowest BCUT2D eigenvalue weighted by Gasteiger charge is -2.13. The number of unbranched alkanes of at least 4 members (excludes halogenated alkanes) is 1. The lowest BCUT2D eigenvalue weighted by Crippen LogP contribution is -2.13. The first-order chi connectivity index (χ1) is 9.67. The molecule has 4 nitrogen and oxygen atoms in total. The molecule has 20 heavy (non-hydrogen) atoms. The second kappa shape index (κ2) is 9.77. The number of aryl methyl sites for hydroxylation is 1. The van der Waals surface area contributed by atoms with Gasteiger partial charge in [0.15, 0.2) is 0 Å². The monoisotopic (exact) mass is 343 g/mol. The van der Waals surface area contributed by atoms with Gasteiger partial charge in [0.1, 0.15) is 12.4 Å². The summed E-state index contributed by atoms with van der Waals surface area (Å²) in [6.07, 6.45) is 2.40. The molecule has 0 aliphatic rings. The van der Waals surface area contributed by atoms with Crippen LogP contribution in [0.5, 0.6) is 5.75 Å². The number of halogens is 1. The van der Waals surface area contributed by atoms with E-state index in [-0.39, 0.29) is 5.91 Å². The van der Waals surface area contributed by atoms with Gasteiger partial charge in [-0.2, -0.15) is 0 Å². The fraction of sp³-hybridized carbons (Fsp3) is 0.533. The highest BCUT2D eigenvalue weighted by atomic mass is 79.9. The zero-order valence-corrected chi connectivity index (χ0v) is 13.7. The van der Waals surface area contributed by atoms with Crippen molar-refractivity contribution >= 4 is 27.5 Å². The largest absolute Gasteiger partial charge is 0.489 e. The van der Waals surface area contributed by atoms with Crippen molar-refractivity contribution in [2.75, 3.05) is 31.0 Å². The van der Waals surface area contributed by atoms with Crippen molar-refractivity contribution in [1.29, 1.82) is 0 Å². The van der Waals surface area contributed by atoms with Crippen LogP contribution in [-0.2, 0) is 9.53 Å². The molecular formula is C15H22BrNO3. The van der Waals surface area contributed by atoms with Crippen molar-refractivity contribution < 1.29 is 14.3 Å². The van der Waals surface area contributed by atoms with E-state index in [1.54, 1.807) is 7.11 Å². The van der Waals surface area contributed by atoms with Gasteiger partial charge < -0.3 is 14.8 Å². The van der Waals surface area contributed by atoms with Crippen LogP contribution in [0.4, 0.5) is 5.69 Å². The average Bonchev–Trinajstić information content (AvgIpc) is 2.42. The Balaban J connectivity index is 2.60. The lowest BCUT2D eigenvalue weighted by atomic mass is 10.2. The number of carbonyl (C=O) groups is 1. The van der Waals surface area contributed by atoms with Crippen LogP contribution < -0.4 is 10.1 Å². The molecule has 112 valence electrons. The van der Waals surface area contributed by atoms with Crippen molar-refractivity contribution in [2.45, 2.75) is 26.2 Å². The first-order valence-corrected chi connectivity index (χ1v) is 7.87. The van der Waals surface area contributed by atoms with Crippen molar-refractivity contribution in [2.24, 2.45) is 0 Å². The van der Waals surface area contributed by atoms with Gasteiger partial charge in [0.05, 0.1) is 12.3 Å². The topological polar surface area (TPSA) is 47.6 Å². The minimum absolute atomic E-state index is 0.0198. The molecule has 1 rings (SSSR count). The Hall–Kier alpha value is -1.07. The number of alkyl halides is 1. The molecule has 0 saturated heterocycles. The highest BCUT2D eigenvalue weighted by Gasteiger charge is 2.08. The molecule has 5 heteroatoms. The van der Waals surface area contributed by atoms with Gasteiger partial charge in [-0.1, -0.05) is 22.0 Å². The van der Waals surface area contributed by atoms with Gasteiger partial charge in [-0.3, -0.25) is 4.79 Å². The fourth-order valence-electron chi connectivity index (χ4n) is 1.68. The predicted molar refractivity (Wildman–Crippen MR) is 84.8 cm³/mol. The first kappa shape index (κ1) is 17.0. The van der Waals surface area contributed by atoms with E-state index in [1.807, 2.05) is 25.1 Å². The van der Waals surface area contributed by atoms with Crippen LogP contribution in [0.2, 0.25) is 0 Å². The maximum absolute atomic E-state index is 11.8. The molecule has 0 fully saturated rings. The molecule has 0 aliphatic carbocycles. The number of amides is 1. The van der Waals surface area contributed by atoms with Crippen LogP contribution in [0.3, 0.4) is 0 Å². The Bertz CT molecular complexity index is 424. The average molecular weight is 344 g/mol. The van der Waals surface area contributed by atoms with Crippen molar-refractivity contribution in [1.82, 2.24) is 0 Å². The van der Waals surface area contributed by atoms with Crippen LogP contribution in [0.1, 0.15) is 24.8 Å². The normalized spacial score (nSPS) is 10.3. The van der Waals surface area contributed by atoms with Crippen LogP contribution >= 0.6 is 15.9 Å². The Morgan fingerprint density at radius 2 is 2.10 bits per heavy atom. The van der Waals surface area contributed by atoms with Gasteiger partial charge >= 0.3 is 0 Å². The third kappa shape index (κ3) is 6.39. The van der Waals surface area contributed by atoms with E-state index in [4.69, 9.17) is 9.47 Å². The predicted octanol–water partition coefficient (Wildman–Crippen LogP) is 3.52. The SMILES string of the molecule is COCCOc1cc(C)ccc1NC(=O)CCCCBr. The molecule has 0 unspecified atom stereocenters. The van der Waals surface area contributed by atoms with Gasteiger partial charge in [-0.25, -0.2) is 0 Å². The van der Waals surface area contributed by atoms with Crippen LogP contribution in [0.25, 0.3) is 0 Å². The molecule has 0 spiro atoms. The highest BCUT2D eigenvalue weighted by Crippen LogP contribution is 2.26. The summed E-state index contributed by atoms with van der Waals surface area (Å²) in [5.41, 5.74) is 1.81. The van der Waals surface area contributed by atoms with Gasteiger partial charge in [0, 0.05) is 18.9 Å². The molecule has 1 aromatic carbocycles. The van der Waals surface area contributed by atoms with Crippen molar-refractivity contribution in [3.05, 3.63) is 23.8 Å². The lowest BCUT2D eigenvalue weighted by molar-refractivity contribution is -0.116. The van der Waals surface area contributed by atoms with E-state index < -0.39 is 0 Å². The second-order valence-corrected chi connectivity index (χ2v) is 5.33. The van der Waals surface area contributed by atoms with Gasteiger partial charge in [-0.15, -0.1) is 0 Å². The van der Waals surface area contributed by atoms with E-state index in [1.165, 1.54) is 0 Å². The summed E-state index contributed by atoms with van der Waals surface area (Å²) < 4.78 is 10.6. The first-order valence-electron chi connectivity index (χ1n) is 6.75. The molecule has 1 N–H and O–H groups in total. The summed E-state index contributed by atoms with van der Waals surface area (Å²) >= 11 is 3.36. The number of hydrogen-bond acceptors (Lipinski definition) is 3. The zero-order chi connectivity index (χ0) is 14.8. The van der Waals surface area contributed by atoms with Gasteiger partial charge in [0.2, 0.25) is 5.91 Å². The van der Waals surface area contributed by atoms with Crippen molar-refractivity contribution in [3.8, 4) is 5.75 Å². The third-order valence-corrected chi connectivity index (χ3v) is 3.30. The molecule has 0 bridgehead atoms. The van der Waals surface area contributed by atoms with E-state index in [0.29, 0.717) is 25.4 Å². The van der Waals surface area contributed by atoms with Crippen molar-refractivity contribution in [3.63, 3.8) is 0 Å². The maximum atomic E-state index is 11.8. The minimum atomic E-state index is 0.0198. The van der Waals surface area contributed by atoms with E-state index in [9.17, 15) is 4.79 Å². The maximum Gasteiger partial charge on any atom is 0.224 e. The molecule has 0 saturated carbocycles. The number of benzene rings is 1. The Labute approximate surface area is 129 Å². The molecular weight excluding hydrogens is 322 g/mol. The molecule has 0 aliphatic heterocycles. The molecule has 1 aromatic rings. The highest BCUT2D eigenvalue weighted by molar-refractivity contribution is 9.09. The quantitative estimate of drug-likeness (QED) is 0.551. The summed E-state index contributed by atoms with van der Waals surface area (Å²) in [5, 5.41) is 3.83. The van der Waals surface area contributed by atoms with E-state index in [2.05, 4.69) is 21.2 Å². The number of carbonyl (C=O) groups excluding carboxylic acids is 1. The summed E-state index contributed by atoms with van der Waals surface area (Å²) in [7, 11) is 1.63. The molecule has 1 amide bonds. The third-order valence-electron chi connectivity index (χ3n) is 2.74. The van der Waals surface area contributed by atoms with E-state index >= 15 is 0 Å². The fourth-order valence-corrected chi connectivity index (χ4v) is 2.08. The Morgan fingerprint density at radius 3 is 2.80 bits per heavy atom. The number of rotatable bonds is 9. The number of ether oxygens (including phenoxy) is 2. The van der Waals surface area contributed by atoms with Gasteiger partial charge in [-0.05, 0) is 37.5 Å². The molecule has 0 aromatic heterocycles. The number of anilines is 1. The molecule has 0 atom stereocenters. The number of hydrogen-bond donors (Lipinski definition) is 1.